The summed E-state index contributed by atoms with van der Waals surface area (Å²) in [7, 11) is -2.90. The van der Waals surface area contributed by atoms with E-state index in [0.717, 1.165) is 56.2 Å². The molecule has 2 N–H and O–H groups in total. The number of aromatic nitrogens is 2. The number of aliphatic imine (C=N–C) groups is 1. The lowest BCUT2D eigenvalue weighted by Gasteiger charge is -2.32. The van der Waals surface area contributed by atoms with Crippen LogP contribution in [0.15, 0.2) is 29.5 Å². The predicted molar refractivity (Wildman–Crippen MR) is 137 cm³/mol. The molecule has 10 heteroatoms. The van der Waals surface area contributed by atoms with Gasteiger partial charge in [0.15, 0.2) is 5.96 Å². The normalized spacial score (nSPS) is 16.3. The highest BCUT2D eigenvalue weighted by atomic mass is 127. The Balaban J connectivity index is 0.00000341. The zero-order valence-corrected chi connectivity index (χ0v) is 21.8. The van der Waals surface area contributed by atoms with Gasteiger partial charge in [-0.15, -0.1) is 24.0 Å². The largest absolute Gasteiger partial charge is 0.357 e. The predicted octanol–water partition coefficient (Wildman–Crippen LogP) is 1.87. The number of sulfone groups is 1. The Morgan fingerprint density at radius 1 is 1.32 bits per heavy atom. The van der Waals surface area contributed by atoms with Crippen molar-refractivity contribution < 1.29 is 8.42 Å². The van der Waals surface area contributed by atoms with Gasteiger partial charge in [0, 0.05) is 63.8 Å². The molecular weight excluding hydrogens is 527 g/mol. The van der Waals surface area contributed by atoms with E-state index in [2.05, 4.69) is 46.0 Å². The summed E-state index contributed by atoms with van der Waals surface area (Å²) in [5.41, 5.74) is 3.22. The molecule has 0 radical (unpaired) electrons. The second kappa shape index (κ2) is 12.0. The number of halogens is 1. The summed E-state index contributed by atoms with van der Waals surface area (Å²) in [6, 6.07) is 4.46. The molecular formula is C21H35IN6O2S. The molecule has 0 amide bonds. The van der Waals surface area contributed by atoms with Crippen molar-refractivity contribution in [1.82, 2.24) is 24.9 Å². The first kappa shape index (κ1) is 25.9. The Bertz CT molecular complexity index is 967. The number of piperidine rings is 1. The van der Waals surface area contributed by atoms with Crippen molar-refractivity contribution in [1.29, 1.82) is 0 Å². The summed E-state index contributed by atoms with van der Waals surface area (Å²) in [6.07, 6.45) is 8.16. The lowest BCUT2D eigenvalue weighted by molar-refractivity contribution is 0.216. The third-order valence-electron chi connectivity index (χ3n) is 5.42. The first-order chi connectivity index (χ1) is 14.3. The number of rotatable bonds is 8. The third kappa shape index (κ3) is 8.23. The minimum absolute atomic E-state index is 0. The molecule has 8 nitrogen and oxygen atoms in total. The van der Waals surface area contributed by atoms with Gasteiger partial charge in [-0.05, 0) is 38.3 Å². The molecule has 174 valence electrons. The average molecular weight is 563 g/mol. The van der Waals surface area contributed by atoms with Gasteiger partial charge in [-0.2, -0.15) is 0 Å². The molecule has 0 spiro atoms. The maximum Gasteiger partial charge on any atom is 0.191 e. The van der Waals surface area contributed by atoms with Crippen molar-refractivity contribution in [3.05, 3.63) is 35.8 Å². The lowest BCUT2D eigenvalue weighted by atomic mass is 10.1. The number of imidazole rings is 1. The van der Waals surface area contributed by atoms with Crippen molar-refractivity contribution in [2.45, 2.75) is 39.2 Å². The van der Waals surface area contributed by atoms with E-state index in [9.17, 15) is 8.42 Å². The molecule has 0 unspecified atom stereocenters. The fraction of sp³-hybridized carbons (Fsp3) is 0.619. The monoisotopic (exact) mass is 562 g/mol. The summed E-state index contributed by atoms with van der Waals surface area (Å²) < 4.78 is 24.8. The van der Waals surface area contributed by atoms with Crippen LogP contribution in [0.3, 0.4) is 0 Å². The molecule has 0 saturated carbocycles. The van der Waals surface area contributed by atoms with E-state index >= 15 is 0 Å². The van der Waals surface area contributed by atoms with Crippen LogP contribution in [-0.4, -0.2) is 79.4 Å². The Kier molecular flexibility index (Phi) is 10.0. The maximum atomic E-state index is 11.4. The number of pyridine rings is 1. The Morgan fingerprint density at radius 2 is 2.06 bits per heavy atom. The van der Waals surface area contributed by atoms with Crippen LogP contribution >= 0.6 is 24.0 Å². The number of guanidine groups is 1. The zero-order valence-electron chi connectivity index (χ0n) is 18.7. The van der Waals surface area contributed by atoms with E-state index < -0.39 is 9.84 Å². The van der Waals surface area contributed by atoms with Crippen LogP contribution in [0.2, 0.25) is 0 Å². The van der Waals surface area contributed by atoms with Gasteiger partial charge in [0.05, 0.1) is 11.4 Å². The van der Waals surface area contributed by atoms with E-state index in [1.807, 2.05) is 12.3 Å². The molecule has 1 saturated heterocycles. The van der Waals surface area contributed by atoms with E-state index in [0.29, 0.717) is 19.1 Å². The maximum absolute atomic E-state index is 11.4. The molecule has 2 aromatic rings. The van der Waals surface area contributed by atoms with Crippen molar-refractivity contribution in [3.8, 4) is 0 Å². The van der Waals surface area contributed by atoms with Crippen LogP contribution in [-0.2, 0) is 16.3 Å². The summed E-state index contributed by atoms with van der Waals surface area (Å²) in [5.74, 6) is 1.07. The molecule has 1 aliphatic heterocycles. The number of likely N-dealkylation sites (tertiary alicyclic amines) is 1. The molecule has 0 aliphatic carbocycles. The highest BCUT2D eigenvalue weighted by Gasteiger charge is 2.20. The first-order valence-electron chi connectivity index (χ1n) is 10.7. The second-order valence-corrected chi connectivity index (χ2v) is 10.3. The van der Waals surface area contributed by atoms with Gasteiger partial charge in [0.2, 0.25) is 0 Å². The summed E-state index contributed by atoms with van der Waals surface area (Å²) >= 11 is 0. The van der Waals surface area contributed by atoms with Gasteiger partial charge in [0.1, 0.15) is 15.5 Å². The quantitative estimate of drug-likeness (QED) is 0.290. The van der Waals surface area contributed by atoms with Gasteiger partial charge in [-0.3, -0.25) is 4.99 Å². The topological polar surface area (TPSA) is 91.1 Å². The molecule has 0 bridgehead atoms. The lowest BCUT2D eigenvalue weighted by Crippen LogP contribution is -2.49. The van der Waals surface area contributed by atoms with Gasteiger partial charge in [0.25, 0.3) is 0 Å². The number of nitrogens with one attached hydrogen (secondary N) is 2. The number of hydrogen-bond donors (Lipinski definition) is 2. The van der Waals surface area contributed by atoms with Gasteiger partial charge >= 0.3 is 0 Å². The Morgan fingerprint density at radius 3 is 2.71 bits per heavy atom. The Labute approximate surface area is 202 Å². The molecule has 0 atom stereocenters. The molecule has 1 fully saturated rings. The fourth-order valence-corrected chi connectivity index (χ4v) is 4.31. The van der Waals surface area contributed by atoms with E-state index in [1.54, 1.807) is 0 Å². The Hall–Kier alpha value is -1.40. The highest BCUT2D eigenvalue weighted by Crippen LogP contribution is 2.11. The van der Waals surface area contributed by atoms with Crippen LogP contribution in [0.4, 0.5) is 0 Å². The number of hydrogen-bond acceptors (Lipinski definition) is 5. The fourth-order valence-electron chi connectivity index (χ4n) is 3.72. The van der Waals surface area contributed by atoms with E-state index in [1.165, 1.54) is 11.8 Å². The van der Waals surface area contributed by atoms with Gasteiger partial charge in [-0.25, -0.2) is 13.4 Å². The van der Waals surface area contributed by atoms with Crippen LogP contribution in [0.1, 0.15) is 31.0 Å². The number of nitrogens with zero attached hydrogens (tertiary/aromatic N) is 4. The first-order valence-corrected chi connectivity index (χ1v) is 12.8. The highest BCUT2D eigenvalue weighted by molar-refractivity contribution is 14.0. The van der Waals surface area contributed by atoms with Crippen molar-refractivity contribution >= 4 is 45.4 Å². The second-order valence-electron chi connectivity index (χ2n) is 8.06. The third-order valence-corrected chi connectivity index (χ3v) is 6.34. The zero-order chi connectivity index (χ0) is 21.6. The molecule has 2 aromatic heterocycles. The minimum Gasteiger partial charge on any atom is -0.357 e. The summed E-state index contributed by atoms with van der Waals surface area (Å²) in [4.78, 5) is 11.7. The smallest absolute Gasteiger partial charge is 0.191 e. The number of aryl methyl sites for hydroxylation is 1. The summed E-state index contributed by atoms with van der Waals surface area (Å²) in [5, 5.41) is 6.87. The SMILES string of the molecule is CCNC(=NCCc1cn2cccc(C)c2n1)NC1CCN(CCS(C)(=O)=O)CC1.I. The van der Waals surface area contributed by atoms with Crippen molar-refractivity contribution in [2.75, 3.05) is 44.7 Å². The van der Waals surface area contributed by atoms with Crippen molar-refractivity contribution in [2.24, 2.45) is 4.99 Å². The van der Waals surface area contributed by atoms with Gasteiger partial charge in [-0.1, -0.05) is 6.07 Å². The molecule has 1 aliphatic rings. The van der Waals surface area contributed by atoms with Gasteiger partial charge < -0.3 is 19.9 Å². The van der Waals surface area contributed by atoms with E-state index in [4.69, 9.17) is 9.98 Å². The van der Waals surface area contributed by atoms with Crippen LogP contribution in [0, 0.1) is 6.92 Å². The van der Waals surface area contributed by atoms with E-state index in [-0.39, 0.29) is 29.7 Å². The van der Waals surface area contributed by atoms with Crippen molar-refractivity contribution in [3.63, 3.8) is 0 Å². The van der Waals surface area contributed by atoms with Crippen LogP contribution in [0.5, 0.6) is 0 Å². The minimum atomic E-state index is -2.90. The molecule has 3 rings (SSSR count). The van der Waals surface area contributed by atoms with Crippen LogP contribution < -0.4 is 10.6 Å². The standard InChI is InChI=1S/C21H34N6O2S.HI/c1-4-22-21(25-18-8-12-26(13-9-18)14-15-30(3,28)29)23-10-7-19-16-27-11-5-6-17(2)20(27)24-19;/h5-6,11,16,18H,4,7-10,12-15H2,1-3H3,(H2,22,23,25);1H. The van der Waals surface area contributed by atoms with Crippen LogP contribution in [0.25, 0.3) is 5.65 Å². The molecule has 0 aromatic carbocycles. The summed E-state index contributed by atoms with van der Waals surface area (Å²) in [6.45, 7) is 8.07. The molecule has 31 heavy (non-hydrogen) atoms. The molecule has 3 heterocycles. The number of fused-ring (bicyclic) bond motifs is 1. The average Bonchev–Trinajstić information content (AvgIpc) is 3.11.